The highest BCUT2D eigenvalue weighted by molar-refractivity contribution is 5.92. The van der Waals surface area contributed by atoms with E-state index in [0.717, 1.165) is 33.3 Å². The van der Waals surface area contributed by atoms with Gasteiger partial charge >= 0.3 is 5.76 Å². The number of hydrogen-bond acceptors (Lipinski definition) is 4. The Labute approximate surface area is 150 Å². The number of para-hydroxylation sites is 1. The van der Waals surface area contributed by atoms with Gasteiger partial charge in [0.25, 0.3) is 0 Å². The third-order valence-electron chi connectivity index (χ3n) is 4.49. The molecule has 0 fully saturated rings. The first kappa shape index (κ1) is 16.4. The monoisotopic (exact) mass is 349 g/mol. The number of methoxy groups -OCH3 is 1. The van der Waals surface area contributed by atoms with Crippen LogP contribution in [0.25, 0.3) is 27.7 Å². The Morgan fingerprint density at radius 2 is 1.81 bits per heavy atom. The summed E-state index contributed by atoms with van der Waals surface area (Å²) in [6.07, 6.45) is 0. The van der Waals surface area contributed by atoms with E-state index in [1.54, 1.807) is 11.5 Å². The average molecular weight is 349 g/mol. The minimum Gasteiger partial charge on any atom is -0.497 e. The molecule has 0 aliphatic heterocycles. The second-order valence-corrected chi connectivity index (χ2v) is 5.96. The van der Waals surface area contributed by atoms with Crippen LogP contribution in [-0.2, 0) is 11.3 Å². The van der Waals surface area contributed by atoms with Crippen molar-refractivity contribution in [1.82, 2.24) is 4.40 Å². The zero-order valence-electron chi connectivity index (χ0n) is 14.7. The van der Waals surface area contributed by atoms with Crippen molar-refractivity contribution in [2.75, 3.05) is 13.7 Å². The third kappa shape index (κ3) is 2.66. The molecule has 0 unspecified atom stereocenters. The van der Waals surface area contributed by atoms with Gasteiger partial charge in [0.1, 0.15) is 11.5 Å². The molecule has 2 aromatic heterocycles. The van der Waals surface area contributed by atoms with Crippen LogP contribution >= 0.6 is 0 Å². The lowest BCUT2D eigenvalue weighted by Gasteiger charge is -2.05. The predicted molar refractivity (Wildman–Crippen MR) is 101 cm³/mol. The molecule has 0 amide bonds. The average Bonchev–Trinajstić information content (AvgIpc) is 3.00. The lowest BCUT2D eigenvalue weighted by Crippen LogP contribution is -2.11. The summed E-state index contributed by atoms with van der Waals surface area (Å²) in [4.78, 5) is 12.7. The molecule has 0 radical (unpaired) electrons. The Morgan fingerprint density at radius 3 is 2.54 bits per heavy atom. The van der Waals surface area contributed by atoms with Crippen LogP contribution in [0.15, 0.2) is 63.8 Å². The molecule has 132 valence electrons. The Hall–Kier alpha value is -3.05. The van der Waals surface area contributed by atoms with Gasteiger partial charge in [-0.15, -0.1) is 0 Å². The largest absolute Gasteiger partial charge is 0.497 e. The van der Waals surface area contributed by atoms with E-state index in [1.165, 1.54) is 0 Å². The second-order valence-electron chi connectivity index (χ2n) is 5.96. The molecule has 0 saturated carbocycles. The van der Waals surface area contributed by atoms with Gasteiger partial charge < -0.3 is 13.9 Å². The molecule has 0 spiro atoms. The van der Waals surface area contributed by atoms with E-state index < -0.39 is 5.76 Å². The van der Waals surface area contributed by atoms with Gasteiger partial charge in [-0.2, -0.15) is 0 Å². The minimum absolute atomic E-state index is 0.410. The number of rotatable bonds is 5. The summed E-state index contributed by atoms with van der Waals surface area (Å²) in [6.45, 7) is 3.01. The smallest absolute Gasteiger partial charge is 0.424 e. The number of ether oxygens (including phenoxy) is 2. The number of aromatic nitrogens is 1. The van der Waals surface area contributed by atoms with Crippen LogP contribution in [0.5, 0.6) is 5.75 Å². The molecule has 0 bridgehead atoms. The summed E-state index contributed by atoms with van der Waals surface area (Å²) in [5, 5.41) is 1.00. The summed E-state index contributed by atoms with van der Waals surface area (Å²) in [7, 11) is 1.62. The molecule has 4 aromatic rings. The Morgan fingerprint density at radius 1 is 1.04 bits per heavy atom. The number of nitrogens with zero attached hydrogens (tertiary/aromatic N) is 1. The van der Waals surface area contributed by atoms with Crippen LogP contribution in [0.4, 0.5) is 0 Å². The van der Waals surface area contributed by atoms with Crippen molar-refractivity contribution in [3.63, 3.8) is 0 Å². The molecule has 0 N–H and O–H groups in total. The molecule has 0 atom stereocenters. The fourth-order valence-electron chi connectivity index (χ4n) is 3.22. The lowest BCUT2D eigenvalue weighted by atomic mass is 10.1. The molecule has 4 rings (SSSR count). The summed E-state index contributed by atoms with van der Waals surface area (Å²) in [5.74, 6) is 0.862. The zero-order valence-corrected chi connectivity index (χ0v) is 14.7. The van der Waals surface area contributed by atoms with Gasteiger partial charge in [-0.05, 0) is 37.3 Å². The standard InChI is InChI=1S/C21H19NO4/c1-3-25-13-17-16-6-4-5-7-18(16)22-19(17)12-20(26-21(22)23)14-8-10-15(24-2)11-9-14/h4-12H,3,13H2,1-2H3. The van der Waals surface area contributed by atoms with Gasteiger partial charge in [0.2, 0.25) is 0 Å². The molecule has 2 aromatic carbocycles. The summed E-state index contributed by atoms with van der Waals surface area (Å²) >= 11 is 0. The van der Waals surface area contributed by atoms with E-state index in [2.05, 4.69) is 0 Å². The van der Waals surface area contributed by atoms with Crippen molar-refractivity contribution in [3.05, 3.63) is 70.7 Å². The molecule has 0 saturated heterocycles. The number of fused-ring (bicyclic) bond motifs is 3. The molecular weight excluding hydrogens is 330 g/mol. The van der Waals surface area contributed by atoms with Crippen molar-refractivity contribution in [2.45, 2.75) is 13.5 Å². The van der Waals surface area contributed by atoms with Gasteiger partial charge in [-0.1, -0.05) is 18.2 Å². The van der Waals surface area contributed by atoms with Crippen LogP contribution in [0, 0.1) is 0 Å². The quantitative estimate of drug-likeness (QED) is 0.540. The number of benzene rings is 2. The van der Waals surface area contributed by atoms with Gasteiger partial charge in [-0.25, -0.2) is 9.20 Å². The maximum Gasteiger partial charge on any atom is 0.424 e. The van der Waals surface area contributed by atoms with Crippen molar-refractivity contribution >= 4 is 16.4 Å². The van der Waals surface area contributed by atoms with E-state index in [-0.39, 0.29) is 0 Å². The van der Waals surface area contributed by atoms with E-state index in [0.29, 0.717) is 19.0 Å². The van der Waals surface area contributed by atoms with Gasteiger partial charge in [0, 0.05) is 29.2 Å². The third-order valence-corrected chi connectivity index (χ3v) is 4.49. The summed E-state index contributed by atoms with van der Waals surface area (Å²) in [5.41, 5.74) is 3.44. The van der Waals surface area contributed by atoms with E-state index in [4.69, 9.17) is 13.9 Å². The lowest BCUT2D eigenvalue weighted by molar-refractivity contribution is 0.136. The highest BCUT2D eigenvalue weighted by atomic mass is 16.5. The zero-order chi connectivity index (χ0) is 18.1. The normalized spacial score (nSPS) is 11.3. The molecule has 5 nitrogen and oxygen atoms in total. The van der Waals surface area contributed by atoms with E-state index in [1.807, 2.05) is 61.5 Å². The molecule has 0 aliphatic rings. The fraction of sp³-hybridized carbons (Fsp3) is 0.190. The predicted octanol–water partition coefficient (Wildman–Crippen LogP) is 4.26. The van der Waals surface area contributed by atoms with E-state index in [9.17, 15) is 4.79 Å². The molecule has 26 heavy (non-hydrogen) atoms. The van der Waals surface area contributed by atoms with Crippen molar-refractivity contribution in [1.29, 1.82) is 0 Å². The van der Waals surface area contributed by atoms with Gasteiger partial charge in [0.15, 0.2) is 0 Å². The molecule has 0 aliphatic carbocycles. The topological polar surface area (TPSA) is 53.1 Å². The maximum absolute atomic E-state index is 12.7. The first-order valence-electron chi connectivity index (χ1n) is 8.51. The summed E-state index contributed by atoms with van der Waals surface area (Å²) in [6, 6.07) is 17.1. The summed E-state index contributed by atoms with van der Waals surface area (Å²) < 4.78 is 18.0. The van der Waals surface area contributed by atoms with Crippen LogP contribution in [0.2, 0.25) is 0 Å². The van der Waals surface area contributed by atoms with Crippen LogP contribution in [0.1, 0.15) is 12.5 Å². The van der Waals surface area contributed by atoms with Gasteiger partial charge in [-0.3, -0.25) is 0 Å². The molecule has 5 heteroatoms. The molecule has 2 heterocycles. The maximum atomic E-state index is 12.7. The highest BCUT2D eigenvalue weighted by Gasteiger charge is 2.16. The van der Waals surface area contributed by atoms with Crippen molar-refractivity contribution in [3.8, 4) is 17.1 Å². The Bertz CT molecular complexity index is 1120. The fourth-order valence-corrected chi connectivity index (χ4v) is 3.22. The molecular formula is C21H19NO4. The van der Waals surface area contributed by atoms with Crippen molar-refractivity contribution in [2.24, 2.45) is 0 Å². The van der Waals surface area contributed by atoms with Crippen LogP contribution in [-0.4, -0.2) is 18.1 Å². The highest BCUT2D eigenvalue weighted by Crippen LogP contribution is 2.29. The Balaban J connectivity index is 1.97. The minimum atomic E-state index is -0.410. The van der Waals surface area contributed by atoms with Crippen LogP contribution in [0.3, 0.4) is 0 Å². The first-order chi connectivity index (χ1) is 12.7. The van der Waals surface area contributed by atoms with Crippen LogP contribution < -0.4 is 10.5 Å². The second kappa shape index (κ2) is 6.69. The van der Waals surface area contributed by atoms with E-state index >= 15 is 0 Å². The first-order valence-corrected chi connectivity index (χ1v) is 8.51. The van der Waals surface area contributed by atoms with Gasteiger partial charge in [0.05, 0.1) is 24.8 Å². The van der Waals surface area contributed by atoms with Crippen molar-refractivity contribution < 1.29 is 13.9 Å². The number of hydrogen-bond donors (Lipinski definition) is 0. The Kier molecular flexibility index (Phi) is 4.22. The SMILES string of the molecule is CCOCc1c2ccccc2n2c(=O)oc(-c3ccc(OC)cc3)cc12.